The molecule has 0 saturated carbocycles. The van der Waals surface area contributed by atoms with Crippen LogP contribution in [0.3, 0.4) is 0 Å². The average Bonchev–Trinajstić information content (AvgIpc) is 2.82. The van der Waals surface area contributed by atoms with Crippen LogP contribution in [-0.2, 0) is 10.0 Å². The third kappa shape index (κ3) is 2.83. The summed E-state index contributed by atoms with van der Waals surface area (Å²) < 4.78 is 27.1. The van der Waals surface area contributed by atoms with E-state index in [-0.39, 0.29) is 5.41 Å². The number of nitrogens with zero attached hydrogens (tertiary/aromatic N) is 1. The van der Waals surface area contributed by atoms with Crippen LogP contribution in [0.5, 0.6) is 0 Å². The Kier molecular flexibility index (Phi) is 3.86. The molecule has 1 unspecified atom stereocenters. The molecule has 0 radical (unpaired) electrons. The summed E-state index contributed by atoms with van der Waals surface area (Å²) in [6.07, 6.45) is 0.921. The first-order chi connectivity index (χ1) is 9.12. The first kappa shape index (κ1) is 15.3. The number of benzene rings is 1. The van der Waals surface area contributed by atoms with Gasteiger partial charge in [-0.1, -0.05) is 26.8 Å². The van der Waals surface area contributed by atoms with Crippen LogP contribution in [-0.4, -0.2) is 25.8 Å². The second kappa shape index (κ2) is 5.04. The van der Waals surface area contributed by atoms with E-state index >= 15 is 0 Å². The maximum atomic E-state index is 12.8. The van der Waals surface area contributed by atoms with Crippen LogP contribution in [0.4, 0.5) is 5.69 Å². The van der Waals surface area contributed by atoms with Crippen LogP contribution in [0.2, 0.25) is 0 Å². The molecule has 20 heavy (non-hydrogen) atoms. The SMILES string of the molecule is Cc1ccc(N)cc1S(=O)(=O)N1CCC(C(C)(C)C)C1. The van der Waals surface area contributed by atoms with E-state index in [9.17, 15) is 8.42 Å². The molecule has 0 aromatic heterocycles. The van der Waals surface area contributed by atoms with E-state index in [1.165, 1.54) is 0 Å². The van der Waals surface area contributed by atoms with E-state index in [0.717, 1.165) is 12.0 Å². The van der Waals surface area contributed by atoms with E-state index < -0.39 is 10.0 Å². The number of rotatable bonds is 2. The zero-order valence-corrected chi connectivity index (χ0v) is 13.5. The molecule has 1 heterocycles. The molecular weight excluding hydrogens is 272 g/mol. The highest BCUT2D eigenvalue weighted by Gasteiger charge is 2.38. The summed E-state index contributed by atoms with van der Waals surface area (Å²) in [5, 5.41) is 0. The Morgan fingerprint density at radius 3 is 2.50 bits per heavy atom. The second-order valence-corrected chi connectivity index (χ2v) is 8.65. The fourth-order valence-electron chi connectivity index (χ4n) is 2.69. The lowest BCUT2D eigenvalue weighted by Gasteiger charge is -2.27. The molecule has 1 atom stereocenters. The number of aryl methyl sites for hydroxylation is 1. The third-order valence-electron chi connectivity index (χ3n) is 4.21. The molecule has 1 saturated heterocycles. The molecule has 1 aromatic rings. The summed E-state index contributed by atoms with van der Waals surface area (Å²) >= 11 is 0. The molecule has 2 N–H and O–H groups in total. The zero-order chi connectivity index (χ0) is 15.1. The minimum absolute atomic E-state index is 0.134. The number of hydrogen-bond acceptors (Lipinski definition) is 3. The third-order valence-corrected chi connectivity index (χ3v) is 6.21. The molecule has 5 heteroatoms. The number of sulfonamides is 1. The summed E-state index contributed by atoms with van der Waals surface area (Å²) in [6.45, 7) is 9.50. The van der Waals surface area contributed by atoms with Gasteiger partial charge in [0.05, 0.1) is 4.90 Å². The van der Waals surface area contributed by atoms with Gasteiger partial charge in [-0.15, -0.1) is 0 Å². The quantitative estimate of drug-likeness (QED) is 0.853. The van der Waals surface area contributed by atoms with Crippen molar-refractivity contribution in [2.24, 2.45) is 11.3 Å². The molecule has 0 amide bonds. The molecule has 1 aliphatic heterocycles. The molecule has 2 rings (SSSR count). The summed E-state index contributed by atoms with van der Waals surface area (Å²) in [6, 6.07) is 5.06. The predicted molar refractivity (Wildman–Crippen MR) is 81.9 cm³/mol. The Morgan fingerprint density at radius 1 is 1.30 bits per heavy atom. The fourth-order valence-corrected chi connectivity index (χ4v) is 4.45. The Morgan fingerprint density at radius 2 is 1.95 bits per heavy atom. The van der Waals surface area contributed by atoms with Crippen LogP contribution in [0.25, 0.3) is 0 Å². The van der Waals surface area contributed by atoms with Crippen molar-refractivity contribution in [1.29, 1.82) is 0 Å². The lowest BCUT2D eigenvalue weighted by molar-refractivity contribution is 0.252. The Bertz CT molecular complexity index is 603. The van der Waals surface area contributed by atoms with E-state index in [4.69, 9.17) is 5.73 Å². The first-order valence-electron chi connectivity index (χ1n) is 6.98. The van der Waals surface area contributed by atoms with Gasteiger partial charge in [0.2, 0.25) is 10.0 Å². The predicted octanol–water partition coefficient (Wildman–Crippen LogP) is 2.63. The first-order valence-corrected chi connectivity index (χ1v) is 8.42. The largest absolute Gasteiger partial charge is 0.399 e. The highest BCUT2D eigenvalue weighted by Crippen LogP contribution is 2.36. The molecular formula is C15H24N2O2S. The second-order valence-electron chi connectivity index (χ2n) is 6.74. The minimum Gasteiger partial charge on any atom is -0.399 e. The van der Waals surface area contributed by atoms with Gasteiger partial charge in [0, 0.05) is 18.8 Å². The van der Waals surface area contributed by atoms with E-state index in [1.807, 2.05) is 6.92 Å². The fraction of sp³-hybridized carbons (Fsp3) is 0.600. The Labute approximate surface area is 122 Å². The lowest BCUT2D eigenvalue weighted by atomic mass is 9.80. The maximum absolute atomic E-state index is 12.8. The van der Waals surface area contributed by atoms with Crippen molar-refractivity contribution >= 4 is 15.7 Å². The zero-order valence-electron chi connectivity index (χ0n) is 12.7. The summed E-state index contributed by atoms with van der Waals surface area (Å²) in [4.78, 5) is 0.340. The van der Waals surface area contributed by atoms with Gasteiger partial charge >= 0.3 is 0 Å². The highest BCUT2D eigenvalue weighted by atomic mass is 32.2. The van der Waals surface area contributed by atoms with Crippen molar-refractivity contribution in [1.82, 2.24) is 4.31 Å². The van der Waals surface area contributed by atoms with Crippen molar-refractivity contribution in [3.8, 4) is 0 Å². The van der Waals surface area contributed by atoms with Gasteiger partial charge < -0.3 is 5.73 Å². The van der Waals surface area contributed by atoms with Crippen molar-refractivity contribution in [3.05, 3.63) is 23.8 Å². The van der Waals surface area contributed by atoms with Crippen LogP contribution in [0.15, 0.2) is 23.1 Å². The van der Waals surface area contributed by atoms with Crippen LogP contribution in [0, 0.1) is 18.3 Å². The molecule has 1 fully saturated rings. The molecule has 4 nitrogen and oxygen atoms in total. The monoisotopic (exact) mass is 296 g/mol. The standard InChI is InChI=1S/C15H24N2O2S/c1-11-5-6-13(16)9-14(11)20(18,19)17-8-7-12(10-17)15(2,3)4/h5-6,9,12H,7-8,10,16H2,1-4H3. The van der Waals surface area contributed by atoms with Crippen LogP contribution >= 0.6 is 0 Å². The molecule has 1 aromatic carbocycles. The molecule has 112 valence electrons. The molecule has 0 aliphatic carbocycles. The van der Waals surface area contributed by atoms with Crippen LogP contribution < -0.4 is 5.73 Å². The van der Waals surface area contributed by atoms with Gasteiger partial charge in [0.1, 0.15) is 0 Å². The van der Waals surface area contributed by atoms with Gasteiger partial charge in [-0.3, -0.25) is 0 Å². The van der Waals surface area contributed by atoms with Crippen molar-refractivity contribution in [3.63, 3.8) is 0 Å². The van der Waals surface area contributed by atoms with E-state index in [2.05, 4.69) is 20.8 Å². The summed E-state index contributed by atoms with van der Waals surface area (Å²) in [5.41, 5.74) is 7.11. The number of hydrogen-bond donors (Lipinski definition) is 1. The maximum Gasteiger partial charge on any atom is 0.243 e. The average molecular weight is 296 g/mol. The van der Waals surface area contributed by atoms with Gasteiger partial charge in [0.15, 0.2) is 0 Å². The highest BCUT2D eigenvalue weighted by molar-refractivity contribution is 7.89. The van der Waals surface area contributed by atoms with Gasteiger partial charge in [-0.2, -0.15) is 4.31 Å². The number of nitrogens with two attached hydrogens (primary N) is 1. The number of anilines is 1. The van der Waals surface area contributed by atoms with Crippen molar-refractivity contribution < 1.29 is 8.42 Å². The van der Waals surface area contributed by atoms with E-state index in [1.54, 1.807) is 22.5 Å². The Hall–Kier alpha value is -1.07. The summed E-state index contributed by atoms with van der Waals surface area (Å²) in [5.74, 6) is 0.402. The van der Waals surface area contributed by atoms with Gasteiger partial charge in [0.25, 0.3) is 0 Å². The van der Waals surface area contributed by atoms with Gasteiger partial charge in [-0.25, -0.2) is 8.42 Å². The smallest absolute Gasteiger partial charge is 0.243 e. The van der Waals surface area contributed by atoms with Crippen molar-refractivity contribution in [2.45, 2.75) is 39.0 Å². The van der Waals surface area contributed by atoms with Gasteiger partial charge in [-0.05, 0) is 42.4 Å². The van der Waals surface area contributed by atoms with Crippen molar-refractivity contribution in [2.75, 3.05) is 18.8 Å². The molecule has 0 spiro atoms. The minimum atomic E-state index is -3.43. The molecule has 1 aliphatic rings. The topological polar surface area (TPSA) is 63.4 Å². The Balaban J connectivity index is 2.31. The van der Waals surface area contributed by atoms with Crippen LogP contribution in [0.1, 0.15) is 32.8 Å². The molecule has 0 bridgehead atoms. The normalized spacial score (nSPS) is 21.3. The number of nitrogen functional groups attached to an aromatic ring is 1. The lowest BCUT2D eigenvalue weighted by Crippen LogP contribution is -2.31. The summed E-state index contributed by atoms with van der Waals surface area (Å²) in [7, 11) is -3.43. The van der Waals surface area contributed by atoms with E-state index in [0.29, 0.717) is 29.6 Å².